The summed E-state index contributed by atoms with van der Waals surface area (Å²) >= 11 is 6.00. The highest BCUT2D eigenvalue weighted by Crippen LogP contribution is 2.35. The largest absolute Gasteiger partial charge is 0.367 e. The lowest BCUT2D eigenvalue weighted by Crippen LogP contribution is -2.45. The molecule has 1 aromatic rings. The van der Waals surface area contributed by atoms with Gasteiger partial charge in [-0.1, -0.05) is 11.6 Å². The molecule has 0 radical (unpaired) electrons. The van der Waals surface area contributed by atoms with Gasteiger partial charge >= 0.3 is 0 Å². The maximum Gasteiger partial charge on any atom is 0.136 e. The second-order valence-electron chi connectivity index (χ2n) is 4.65. The van der Waals surface area contributed by atoms with E-state index >= 15 is 0 Å². The third-order valence-electron chi connectivity index (χ3n) is 3.63. The molecule has 2 aliphatic rings. The van der Waals surface area contributed by atoms with Crippen LogP contribution in [0.15, 0.2) is 18.2 Å². The van der Waals surface area contributed by atoms with E-state index in [1.54, 1.807) is 0 Å². The van der Waals surface area contributed by atoms with Gasteiger partial charge in [-0.15, -0.1) is 0 Å². The Bertz CT molecular complexity index is 444. The van der Waals surface area contributed by atoms with E-state index in [4.69, 9.17) is 11.6 Å². The Morgan fingerprint density at radius 1 is 1.31 bits per heavy atom. The van der Waals surface area contributed by atoms with E-state index < -0.39 is 0 Å². The van der Waals surface area contributed by atoms with Crippen LogP contribution in [0.1, 0.15) is 24.8 Å². The summed E-state index contributed by atoms with van der Waals surface area (Å²) in [4.78, 5) is 13.8. The van der Waals surface area contributed by atoms with E-state index in [0.717, 1.165) is 30.8 Å². The molecule has 3 heteroatoms. The molecule has 0 spiro atoms. The lowest BCUT2D eigenvalue weighted by Gasteiger charge is -2.41. The summed E-state index contributed by atoms with van der Waals surface area (Å²) < 4.78 is 0. The summed E-state index contributed by atoms with van der Waals surface area (Å²) in [6.45, 7) is 0.873. The SMILES string of the molecule is O=C1CCN2c3ccc(Cl)cc3CC[C@@H]2C1. The van der Waals surface area contributed by atoms with Crippen LogP contribution in [-0.2, 0) is 11.2 Å². The Hall–Kier alpha value is -1.02. The monoisotopic (exact) mass is 235 g/mol. The van der Waals surface area contributed by atoms with E-state index in [0.29, 0.717) is 18.2 Å². The van der Waals surface area contributed by atoms with E-state index in [9.17, 15) is 4.79 Å². The van der Waals surface area contributed by atoms with E-state index in [2.05, 4.69) is 17.0 Å². The van der Waals surface area contributed by atoms with Crippen molar-refractivity contribution in [1.82, 2.24) is 0 Å². The van der Waals surface area contributed by atoms with Crippen molar-refractivity contribution in [1.29, 1.82) is 0 Å². The van der Waals surface area contributed by atoms with E-state index in [-0.39, 0.29) is 0 Å². The molecule has 0 N–H and O–H groups in total. The van der Waals surface area contributed by atoms with Gasteiger partial charge in [0, 0.05) is 36.1 Å². The number of anilines is 1. The maximum absolute atomic E-state index is 11.4. The number of piperidine rings is 1. The van der Waals surface area contributed by atoms with E-state index in [1.165, 1.54) is 11.3 Å². The molecular formula is C13H14ClNO. The molecule has 0 amide bonds. The Morgan fingerprint density at radius 2 is 2.19 bits per heavy atom. The third kappa shape index (κ3) is 1.61. The van der Waals surface area contributed by atoms with Crippen LogP contribution in [0, 0.1) is 0 Å². The number of ketones is 1. The summed E-state index contributed by atoms with van der Waals surface area (Å²) in [5.74, 6) is 0.415. The van der Waals surface area contributed by atoms with Crippen LogP contribution in [0.4, 0.5) is 5.69 Å². The molecule has 2 heterocycles. The molecule has 0 unspecified atom stereocenters. The Kier molecular flexibility index (Phi) is 2.40. The Labute approximate surface area is 100 Å². The number of nitrogens with zero attached hydrogens (tertiary/aromatic N) is 1. The van der Waals surface area contributed by atoms with Crippen LogP contribution >= 0.6 is 11.6 Å². The molecule has 1 saturated heterocycles. The van der Waals surface area contributed by atoms with Crippen molar-refractivity contribution in [2.24, 2.45) is 0 Å². The van der Waals surface area contributed by atoms with Gasteiger partial charge in [0.05, 0.1) is 0 Å². The molecule has 16 heavy (non-hydrogen) atoms. The zero-order valence-corrected chi connectivity index (χ0v) is 9.83. The number of hydrogen-bond acceptors (Lipinski definition) is 2. The van der Waals surface area contributed by atoms with Crippen molar-refractivity contribution in [2.75, 3.05) is 11.4 Å². The summed E-state index contributed by atoms with van der Waals surface area (Å²) in [7, 11) is 0. The van der Waals surface area contributed by atoms with Gasteiger partial charge in [-0.25, -0.2) is 0 Å². The molecule has 0 aromatic heterocycles. The van der Waals surface area contributed by atoms with Crippen molar-refractivity contribution >= 4 is 23.1 Å². The second-order valence-corrected chi connectivity index (χ2v) is 5.09. The van der Waals surface area contributed by atoms with Crippen LogP contribution in [0.25, 0.3) is 0 Å². The minimum absolute atomic E-state index is 0.415. The standard InChI is InChI=1S/C13H14ClNO/c14-10-2-4-13-9(7-10)1-3-11-8-12(16)5-6-15(11)13/h2,4,7,11H,1,3,5-6,8H2/t11-/m1/s1. The third-order valence-corrected chi connectivity index (χ3v) is 3.87. The zero-order chi connectivity index (χ0) is 11.1. The number of carbonyl (C=O) groups is 1. The molecule has 1 fully saturated rings. The van der Waals surface area contributed by atoms with Crippen molar-refractivity contribution in [3.63, 3.8) is 0 Å². The maximum atomic E-state index is 11.4. The number of rotatable bonds is 0. The average Bonchev–Trinajstić information content (AvgIpc) is 2.28. The van der Waals surface area contributed by atoms with E-state index in [1.807, 2.05) is 6.07 Å². The summed E-state index contributed by atoms with van der Waals surface area (Å²) in [5, 5.41) is 0.810. The van der Waals surface area contributed by atoms with Crippen molar-refractivity contribution in [3.8, 4) is 0 Å². The normalized spacial score (nSPS) is 23.9. The average molecular weight is 236 g/mol. The quantitative estimate of drug-likeness (QED) is 0.689. The fraction of sp³-hybridized carbons (Fsp3) is 0.462. The molecule has 2 aliphatic heterocycles. The molecule has 2 nitrogen and oxygen atoms in total. The zero-order valence-electron chi connectivity index (χ0n) is 9.08. The summed E-state index contributed by atoms with van der Waals surface area (Å²) in [6, 6.07) is 6.53. The number of halogens is 1. The molecule has 0 bridgehead atoms. The van der Waals surface area contributed by atoms with Crippen LogP contribution in [0.2, 0.25) is 5.02 Å². The molecule has 0 aliphatic carbocycles. The first-order chi connectivity index (χ1) is 7.74. The molecule has 0 saturated carbocycles. The number of benzene rings is 1. The van der Waals surface area contributed by atoms with Crippen LogP contribution in [0.3, 0.4) is 0 Å². The fourth-order valence-corrected chi connectivity index (χ4v) is 3.03. The van der Waals surface area contributed by atoms with Crippen molar-refractivity contribution in [2.45, 2.75) is 31.7 Å². The number of fused-ring (bicyclic) bond motifs is 3. The van der Waals surface area contributed by atoms with Crippen molar-refractivity contribution < 1.29 is 4.79 Å². The number of hydrogen-bond donors (Lipinski definition) is 0. The highest BCUT2D eigenvalue weighted by atomic mass is 35.5. The molecule has 1 atom stereocenters. The smallest absolute Gasteiger partial charge is 0.136 e. The molecule has 84 valence electrons. The Morgan fingerprint density at radius 3 is 3.06 bits per heavy atom. The lowest BCUT2D eigenvalue weighted by molar-refractivity contribution is -0.120. The topological polar surface area (TPSA) is 20.3 Å². The first kappa shape index (κ1) is 10.2. The summed E-state index contributed by atoms with van der Waals surface area (Å²) in [6.07, 6.45) is 3.55. The number of aryl methyl sites for hydroxylation is 1. The minimum atomic E-state index is 0.415. The lowest BCUT2D eigenvalue weighted by atomic mass is 9.89. The Balaban J connectivity index is 1.97. The molecule has 3 rings (SSSR count). The number of carbonyl (C=O) groups excluding carboxylic acids is 1. The second kappa shape index (κ2) is 3.77. The molecule has 1 aromatic carbocycles. The first-order valence-corrected chi connectivity index (χ1v) is 6.18. The van der Waals surface area contributed by atoms with Gasteiger partial charge in [0.25, 0.3) is 0 Å². The molecular weight excluding hydrogens is 222 g/mol. The van der Waals surface area contributed by atoms with Gasteiger partial charge in [0.15, 0.2) is 0 Å². The van der Waals surface area contributed by atoms with Gasteiger partial charge in [-0.3, -0.25) is 4.79 Å². The van der Waals surface area contributed by atoms with Crippen LogP contribution in [0.5, 0.6) is 0 Å². The summed E-state index contributed by atoms with van der Waals surface area (Å²) in [5.41, 5.74) is 2.62. The van der Waals surface area contributed by atoms with Gasteiger partial charge in [0.2, 0.25) is 0 Å². The van der Waals surface area contributed by atoms with Gasteiger partial charge in [-0.05, 0) is 36.6 Å². The van der Waals surface area contributed by atoms with Crippen molar-refractivity contribution in [3.05, 3.63) is 28.8 Å². The highest BCUT2D eigenvalue weighted by molar-refractivity contribution is 6.30. The van der Waals surface area contributed by atoms with Crippen LogP contribution in [-0.4, -0.2) is 18.4 Å². The predicted octanol–water partition coefficient (Wildman–Crippen LogP) is 2.82. The highest BCUT2D eigenvalue weighted by Gasteiger charge is 2.31. The fourth-order valence-electron chi connectivity index (χ4n) is 2.83. The predicted molar refractivity (Wildman–Crippen MR) is 65.1 cm³/mol. The van der Waals surface area contributed by atoms with Gasteiger partial charge in [-0.2, -0.15) is 0 Å². The van der Waals surface area contributed by atoms with Gasteiger partial charge < -0.3 is 4.90 Å². The number of Topliss-reactive ketones (excluding diaryl/α,β-unsaturated/α-hetero) is 1. The van der Waals surface area contributed by atoms with Gasteiger partial charge in [0.1, 0.15) is 5.78 Å². The minimum Gasteiger partial charge on any atom is -0.367 e. The first-order valence-electron chi connectivity index (χ1n) is 5.81. The van der Waals surface area contributed by atoms with Crippen LogP contribution < -0.4 is 4.90 Å².